The second-order valence-corrected chi connectivity index (χ2v) is 6.97. The molecule has 0 aromatic heterocycles. The number of hydrogen-bond acceptors (Lipinski definition) is 6. The quantitative estimate of drug-likeness (QED) is 0.638. The Bertz CT molecular complexity index is 945. The van der Waals surface area contributed by atoms with Crippen LogP contribution in [0.25, 0.3) is 0 Å². The van der Waals surface area contributed by atoms with Gasteiger partial charge in [0.05, 0.1) is 0 Å². The SMILES string of the molecule is CN1/C(=C/C(=O)COC(=O)c2ccc(O)cc2O)C(C)(C)c2ccccc21. The van der Waals surface area contributed by atoms with Crippen LogP contribution in [0.1, 0.15) is 29.8 Å². The first-order valence-electron chi connectivity index (χ1n) is 8.49. The van der Waals surface area contributed by atoms with E-state index >= 15 is 0 Å². The molecule has 1 aliphatic heterocycles. The maximum absolute atomic E-state index is 12.4. The Labute approximate surface area is 157 Å². The summed E-state index contributed by atoms with van der Waals surface area (Å²) >= 11 is 0. The van der Waals surface area contributed by atoms with E-state index < -0.39 is 18.3 Å². The van der Waals surface area contributed by atoms with Gasteiger partial charge in [-0.15, -0.1) is 0 Å². The normalized spacial score (nSPS) is 16.3. The average molecular weight is 367 g/mol. The van der Waals surface area contributed by atoms with E-state index in [2.05, 4.69) is 0 Å². The third-order valence-corrected chi connectivity index (χ3v) is 4.78. The van der Waals surface area contributed by atoms with E-state index in [-0.39, 0.29) is 22.5 Å². The van der Waals surface area contributed by atoms with Crippen molar-refractivity contribution >= 4 is 17.4 Å². The van der Waals surface area contributed by atoms with Crippen LogP contribution in [0.15, 0.2) is 54.2 Å². The molecular formula is C21H21NO5. The summed E-state index contributed by atoms with van der Waals surface area (Å²) in [5, 5.41) is 19.0. The minimum Gasteiger partial charge on any atom is -0.508 e. The van der Waals surface area contributed by atoms with Gasteiger partial charge < -0.3 is 19.8 Å². The van der Waals surface area contributed by atoms with Crippen molar-refractivity contribution in [2.75, 3.05) is 18.6 Å². The number of anilines is 1. The van der Waals surface area contributed by atoms with Gasteiger partial charge in [-0.2, -0.15) is 0 Å². The summed E-state index contributed by atoms with van der Waals surface area (Å²) in [4.78, 5) is 26.4. The molecule has 140 valence electrons. The second-order valence-electron chi connectivity index (χ2n) is 6.97. The smallest absolute Gasteiger partial charge is 0.342 e. The number of hydrogen-bond donors (Lipinski definition) is 2. The summed E-state index contributed by atoms with van der Waals surface area (Å²) in [7, 11) is 1.90. The van der Waals surface area contributed by atoms with Gasteiger partial charge >= 0.3 is 5.97 Å². The molecule has 6 heteroatoms. The number of phenols is 2. The van der Waals surface area contributed by atoms with Gasteiger partial charge in [0.1, 0.15) is 17.1 Å². The zero-order valence-electron chi connectivity index (χ0n) is 15.4. The van der Waals surface area contributed by atoms with E-state index in [4.69, 9.17) is 4.74 Å². The molecule has 2 aromatic carbocycles. The Morgan fingerprint density at radius 2 is 1.85 bits per heavy atom. The van der Waals surface area contributed by atoms with Gasteiger partial charge in [0.2, 0.25) is 0 Å². The number of benzene rings is 2. The van der Waals surface area contributed by atoms with Crippen LogP contribution in [-0.4, -0.2) is 35.6 Å². The standard InChI is InChI=1S/C21H21NO5/c1-21(2)16-6-4-5-7-17(16)22(3)19(21)11-14(24)12-27-20(26)15-9-8-13(23)10-18(15)25/h4-11,23,25H,12H2,1-3H3/b19-11+. The summed E-state index contributed by atoms with van der Waals surface area (Å²) in [5.74, 6) is -1.76. The molecule has 0 aliphatic carbocycles. The summed E-state index contributed by atoms with van der Waals surface area (Å²) in [6.45, 7) is 3.63. The molecule has 0 fully saturated rings. The summed E-state index contributed by atoms with van der Waals surface area (Å²) < 4.78 is 5.01. The van der Waals surface area contributed by atoms with Gasteiger partial charge in [0.25, 0.3) is 0 Å². The average Bonchev–Trinajstić information content (AvgIpc) is 2.81. The summed E-state index contributed by atoms with van der Waals surface area (Å²) in [6, 6.07) is 11.5. The molecular weight excluding hydrogens is 346 g/mol. The van der Waals surface area contributed by atoms with Crippen LogP contribution in [-0.2, 0) is 14.9 Å². The monoisotopic (exact) mass is 367 g/mol. The Morgan fingerprint density at radius 1 is 1.15 bits per heavy atom. The molecule has 0 spiro atoms. The lowest BCUT2D eigenvalue weighted by Gasteiger charge is -2.23. The van der Waals surface area contributed by atoms with Gasteiger partial charge in [-0.05, 0) is 23.8 Å². The fourth-order valence-electron chi connectivity index (χ4n) is 3.36. The fourth-order valence-corrected chi connectivity index (χ4v) is 3.36. The molecule has 0 radical (unpaired) electrons. The van der Waals surface area contributed by atoms with Crippen molar-refractivity contribution in [3.8, 4) is 11.5 Å². The van der Waals surface area contributed by atoms with E-state index in [1.165, 1.54) is 18.2 Å². The minimum absolute atomic E-state index is 0.112. The number of fused-ring (bicyclic) bond motifs is 1. The number of nitrogens with zero attached hydrogens (tertiary/aromatic N) is 1. The number of carbonyl (C=O) groups is 2. The van der Waals surface area contributed by atoms with Crippen molar-refractivity contribution in [3.63, 3.8) is 0 Å². The second kappa shape index (κ2) is 6.79. The molecule has 0 saturated carbocycles. The minimum atomic E-state index is -0.832. The number of allylic oxidation sites excluding steroid dienone is 1. The molecule has 27 heavy (non-hydrogen) atoms. The van der Waals surface area contributed by atoms with Crippen LogP contribution < -0.4 is 4.90 Å². The van der Waals surface area contributed by atoms with Crippen molar-refractivity contribution in [1.29, 1.82) is 0 Å². The van der Waals surface area contributed by atoms with Crippen molar-refractivity contribution in [2.24, 2.45) is 0 Å². The Balaban J connectivity index is 1.73. The van der Waals surface area contributed by atoms with Crippen LogP contribution in [0.3, 0.4) is 0 Å². The zero-order chi connectivity index (χ0) is 19.8. The van der Waals surface area contributed by atoms with E-state index in [1.54, 1.807) is 0 Å². The van der Waals surface area contributed by atoms with Crippen molar-refractivity contribution < 1.29 is 24.5 Å². The van der Waals surface area contributed by atoms with Crippen LogP contribution in [0.5, 0.6) is 11.5 Å². The number of ketones is 1. The molecule has 2 N–H and O–H groups in total. The van der Waals surface area contributed by atoms with Gasteiger partial charge in [-0.1, -0.05) is 32.0 Å². The molecule has 0 saturated heterocycles. The molecule has 0 unspecified atom stereocenters. The summed E-state index contributed by atoms with van der Waals surface area (Å²) in [6.07, 6.45) is 1.49. The van der Waals surface area contributed by atoms with Crippen molar-refractivity contribution in [1.82, 2.24) is 0 Å². The number of esters is 1. The van der Waals surface area contributed by atoms with E-state index in [0.29, 0.717) is 0 Å². The number of phenolic OH excluding ortho intramolecular Hbond substituents is 2. The number of para-hydroxylation sites is 1. The highest BCUT2D eigenvalue weighted by Crippen LogP contribution is 2.46. The van der Waals surface area contributed by atoms with E-state index in [0.717, 1.165) is 23.0 Å². The molecule has 0 amide bonds. The van der Waals surface area contributed by atoms with Crippen molar-refractivity contribution in [2.45, 2.75) is 19.3 Å². The third kappa shape index (κ3) is 3.38. The molecule has 2 aromatic rings. The van der Waals surface area contributed by atoms with Crippen molar-refractivity contribution in [3.05, 3.63) is 65.4 Å². The molecule has 6 nitrogen and oxygen atoms in total. The third-order valence-electron chi connectivity index (χ3n) is 4.78. The van der Waals surface area contributed by atoms with Gasteiger partial charge in [0, 0.05) is 36.0 Å². The number of likely N-dealkylation sites (N-methyl/N-ethyl adjacent to an activating group) is 1. The topological polar surface area (TPSA) is 87.1 Å². The largest absolute Gasteiger partial charge is 0.508 e. The Kier molecular flexibility index (Phi) is 4.66. The molecule has 0 atom stereocenters. The number of aromatic hydroxyl groups is 2. The number of ether oxygens (including phenoxy) is 1. The molecule has 3 rings (SSSR count). The van der Waals surface area contributed by atoms with Gasteiger partial charge in [0.15, 0.2) is 12.4 Å². The lowest BCUT2D eigenvalue weighted by Crippen LogP contribution is -2.25. The lowest BCUT2D eigenvalue weighted by atomic mass is 9.83. The maximum Gasteiger partial charge on any atom is 0.342 e. The first-order valence-corrected chi connectivity index (χ1v) is 8.49. The first kappa shape index (κ1) is 18.5. The zero-order valence-corrected chi connectivity index (χ0v) is 15.4. The van der Waals surface area contributed by atoms with Gasteiger partial charge in [-0.3, -0.25) is 4.79 Å². The Morgan fingerprint density at radius 3 is 2.52 bits per heavy atom. The highest BCUT2D eigenvalue weighted by atomic mass is 16.5. The highest BCUT2D eigenvalue weighted by Gasteiger charge is 2.38. The van der Waals surface area contributed by atoms with E-state index in [9.17, 15) is 19.8 Å². The first-order chi connectivity index (χ1) is 12.7. The molecule has 1 heterocycles. The predicted octanol–water partition coefficient (Wildman–Crippen LogP) is 3.14. The van der Waals surface area contributed by atoms with Crippen LogP contribution in [0.4, 0.5) is 5.69 Å². The highest BCUT2D eigenvalue weighted by molar-refractivity contribution is 5.97. The predicted molar refractivity (Wildman–Crippen MR) is 101 cm³/mol. The van der Waals surface area contributed by atoms with Gasteiger partial charge in [-0.25, -0.2) is 4.79 Å². The number of carbonyl (C=O) groups excluding carboxylic acids is 2. The Hall–Kier alpha value is -3.28. The molecule has 0 bridgehead atoms. The fraction of sp³-hybridized carbons (Fsp3) is 0.238. The summed E-state index contributed by atoms with van der Waals surface area (Å²) in [5.41, 5.74) is 2.52. The van der Waals surface area contributed by atoms with Crippen LogP contribution in [0.2, 0.25) is 0 Å². The lowest BCUT2D eigenvalue weighted by molar-refractivity contribution is -0.117. The molecule has 1 aliphatic rings. The van der Waals surface area contributed by atoms with Crippen LogP contribution >= 0.6 is 0 Å². The number of rotatable bonds is 4. The van der Waals surface area contributed by atoms with Crippen LogP contribution in [0, 0.1) is 0 Å². The van der Waals surface area contributed by atoms with E-state index in [1.807, 2.05) is 50.1 Å². The maximum atomic E-state index is 12.4.